The number of thiophene rings is 1. The number of hydrogen-bond acceptors (Lipinski definition) is 7. The van der Waals surface area contributed by atoms with E-state index in [9.17, 15) is 9.59 Å². The van der Waals surface area contributed by atoms with Crippen molar-refractivity contribution in [2.45, 2.75) is 13.5 Å². The quantitative estimate of drug-likeness (QED) is 0.498. The molecule has 1 aromatic carbocycles. The molecule has 0 bridgehead atoms. The normalized spacial score (nSPS) is 10.8. The van der Waals surface area contributed by atoms with Gasteiger partial charge in [-0.1, -0.05) is 12.1 Å². The fourth-order valence-corrected chi connectivity index (χ4v) is 4.11. The molecule has 0 spiro atoms. The molecule has 158 valence electrons. The Kier molecular flexibility index (Phi) is 5.68. The van der Waals surface area contributed by atoms with Gasteiger partial charge in [-0.15, -0.1) is 11.3 Å². The molecule has 0 aliphatic carbocycles. The number of carbonyl (C=O) groups is 1. The fraction of sp³-hybridized carbons (Fsp3) is 0.182. The van der Waals surface area contributed by atoms with Crippen LogP contribution in [0.5, 0.6) is 17.4 Å². The number of nitrogens with one attached hydrogen (secondary N) is 1. The molecular weight excluding hydrogens is 416 g/mol. The molecule has 4 rings (SSSR count). The van der Waals surface area contributed by atoms with E-state index in [1.807, 2.05) is 24.3 Å². The summed E-state index contributed by atoms with van der Waals surface area (Å²) in [5.74, 6) is 1.50. The van der Waals surface area contributed by atoms with E-state index < -0.39 is 0 Å². The van der Waals surface area contributed by atoms with E-state index in [2.05, 4.69) is 15.3 Å². The second kappa shape index (κ2) is 8.57. The third kappa shape index (κ3) is 4.26. The smallest absolute Gasteiger partial charge is 0.262 e. The fourth-order valence-electron chi connectivity index (χ4n) is 3.05. The second-order valence-electron chi connectivity index (χ2n) is 6.87. The monoisotopic (exact) mass is 436 g/mol. The van der Waals surface area contributed by atoms with E-state index in [4.69, 9.17) is 9.47 Å². The first kappa shape index (κ1) is 20.5. The van der Waals surface area contributed by atoms with E-state index in [1.165, 1.54) is 22.2 Å². The SMILES string of the molecule is COc1cccc(Oc2ccc(CNC(=O)c3sc4ncn(C)c(=O)c4c3C)cn2)c1. The average molecular weight is 436 g/mol. The molecule has 0 aliphatic rings. The lowest BCUT2D eigenvalue weighted by atomic mass is 10.2. The van der Waals surface area contributed by atoms with Crippen molar-refractivity contribution in [3.05, 3.63) is 75.3 Å². The highest BCUT2D eigenvalue weighted by Gasteiger charge is 2.18. The van der Waals surface area contributed by atoms with Crippen molar-refractivity contribution in [2.75, 3.05) is 7.11 Å². The van der Waals surface area contributed by atoms with E-state index >= 15 is 0 Å². The minimum Gasteiger partial charge on any atom is -0.497 e. The largest absolute Gasteiger partial charge is 0.497 e. The summed E-state index contributed by atoms with van der Waals surface area (Å²) < 4.78 is 12.3. The number of fused-ring (bicyclic) bond motifs is 1. The molecule has 3 aromatic heterocycles. The van der Waals surface area contributed by atoms with Gasteiger partial charge in [-0.25, -0.2) is 9.97 Å². The van der Waals surface area contributed by atoms with Crippen LogP contribution in [0.4, 0.5) is 0 Å². The Morgan fingerprint density at radius 3 is 2.74 bits per heavy atom. The third-order valence-corrected chi connectivity index (χ3v) is 5.93. The lowest BCUT2D eigenvalue weighted by Gasteiger charge is -2.08. The molecule has 0 unspecified atom stereocenters. The molecule has 1 amide bonds. The number of aryl methyl sites for hydroxylation is 2. The Morgan fingerprint density at radius 1 is 1.19 bits per heavy atom. The number of benzene rings is 1. The van der Waals surface area contributed by atoms with Crippen LogP contribution >= 0.6 is 11.3 Å². The van der Waals surface area contributed by atoms with E-state index in [0.29, 0.717) is 44.6 Å². The average Bonchev–Trinajstić information content (AvgIpc) is 3.13. The Hall–Kier alpha value is -3.72. The van der Waals surface area contributed by atoms with Crippen LogP contribution < -0.4 is 20.3 Å². The third-order valence-electron chi connectivity index (χ3n) is 4.73. The molecule has 0 fully saturated rings. The highest BCUT2D eigenvalue weighted by molar-refractivity contribution is 7.20. The van der Waals surface area contributed by atoms with Crippen LogP contribution in [-0.2, 0) is 13.6 Å². The Balaban J connectivity index is 1.43. The van der Waals surface area contributed by atoms with Gasteiger partial charge >= 0.3 is 0 Å². The van der Waals surface area contributed by atoms with Crippen LogP contribution in [0, 0.1) is 6.92 Å². The maximum absolute atomic E-state index is 12.7. The topological polar surface area (TPSA) is 95.3 Å². The van der Waals surface area contributed by atoms with E-state index in [0.717, 1.165) is 5.56 Å². The highest BCUT2D eigenvalue weighted by Crippen LogP contribution is 2.27. The van der Waals surface area contributed by atoms with Gasteiger partial charge in [0.25, 0.3) is 11.5 Å². The van der Waals surface area contributed by atoms with E-state index in [1.54, 1.807) is 39.4 Å². The maximum atomic E-state index is 12.7. The minimum absolute atomic E-state index is 0.159. The standard InChI is InChI=1S/C22H20N4O4S/c1-13-18-21(25-12-26(2)22(18)28)31-19(13)20(27)24-11-14-7-8-17(23-10-14)30-16-6-4-5-15(9-16)29-3/h4-10,12H,11H2,1-3H3,(H,24,27). The minimum atomic E-state index is -0.251. The van der Waals surface area contributed by atoms with Crippen molar-refractivity contribution in [1.82, 2.24) is 19.9 Å². The lowest BCUT2D eigenvalue weighted by molar-refractivity contribution is 0.0954. The second-order valence-corrected chi connectivity index (χ2v) is 7.86. The number of hydrogen-bond donors (Lipinski definition) is 1. The van der Waals surface area contributed by atoms with Crippen molar-refractivity contribution < 1.29 is 14.3 Å². The molecular formula is C22H20N4O4S. The van der Waals surface area contributed by atoms with Gasteiger partial charge in [0.15, 0.2) is 0 Å². The highest BCUT2D eigenvalue weighted by atomic mass is 32.1. The van der Waals surface area contributed by atoms with Crippen molar-refractivity contribution in [2.24, 2.45) is 7.05 Å². The number of methoxy groups -OCH3 is 1. The Labute approximate surface area is 182 Å². The molecule has 0 saturated carbocycles. The van der Waals surface area contributed by atoms with Crippen molar-refractivity contribution >= 4 is 27.5 Å². The van der Waals surface area contributed by atoms with Crippen LogP contribution in [-0.4, -0.2) is 27.6 Å². The first-order chi connectivity index (χ1) is 15.0. The van der Waals surface area contributed by atoms with Crippen molar-refractivity contribution in [1.29, 1.82) is 0 Å². The summed E-state index contributed by atoms with van der Waals surface area (Å²) in [7, 11) is 3.23. The van der Waals surface area contributed by atoms with Gasteiger partial charge in [0.1, 0.15) is 16.3 Å². The van der Waals surface area contributed by atoms with Gasteiger partial charge < -0.3 is 19.4 Å². The zero-order chi connectivity index (χ0) is 22.0. The molecule has 0 aliphatic heterocycles. The van der Waals surface area contributed by atoms with Crippen molar-refractivity contribution in [3.63, 3.8) is 0 Å². The maximum Gasteiger partial charge on any atom is 0.262 e. The van der Waals surface area contributed by atoms with Crippen LogP contribution in [0.3, 0.4) is 0 Å². The number of nitrogens with zero attached hydrogens (tertiary/aromatic N) is 3. The predicted octanol–water partition coefficient (Wildman–Crippen LogP) is 3.43. The van der Waals surface area contributed by atoms with Gasteiger partial charge in [-0.05, 0) is 30.2 Å². The van der Waals surface area contributed by atoms with Crippen molar-refractivity contribution in [3.8, 4) is 17.4 Å². The Bertz CT molecular complexity index is 1310. The molecule has 4 aromatic rings. The number of amides is 1. The van der Waals surface area contributed by atoms with E-state index in [-0.39, 0.29) is 11.5 Å². The van der Waals surface area contributed by atoms with Gasteiger partial charge in [-0.3, -0.25) is 9.59 Å². The van der Waals surface area contributed by atoms with Crippen LogP contribution in [0.2, 0.25) is 0 Å². The number of pyridine rings is 1. The van der Waals surface area contributed by atoms with Gasteiger partial charge in [0, 0.05) is 31.9 Å². The summed E-state index contributed by atoms with van der Waals surface area (Å²) in [5, 5.41) is 3.36. The molecule has 9 heteroatoms. The molecule has 1 N–H and O–H groups in total. The zero-order valence-corrected chi connectivity index (χ0v) is 18.0. The molecule has 0 saturated heterocycles. The van der Waals surface area contributed by atoms with Crippen LogP contribution in [0.1, 0.15) is 20.8 Å². The number of carbonyl (C=O) groups excluding carboxylic acids is 1. The first-order valence-electron chi connectivity index (χ1n) is 9.46. The summed E-state index contributed by atoms with van der Waals surface area (Å²) in [6.45, 7) is 2.06. The lowest BCUT2D eigenvalue weighted by Crippen LogP contribution is -2.23. The first-order valence-corrected chi connectivity index (χ1v) is 10.3. The molecule has 8 nitrogen and oxygen atoms in total. The molecule has 0 radical (unpaired) electrons. The van der Waals surface area contributed by atoms with Gasteiger partial charge in [0.05, 0.1) is 23.7 Å². The zero-order valence-electron chi connectivity index (χ0n) is 17.2. The molecule has 31 heavy (non-hydrogen) atoms. The number of ether oxygens (including phenoxy) is 2. The number of rotatable bonds is 6. The Morgan fingerprint density at radius 2 is 2.00 bits per heavy atom. The van der Waals surface area contributed by atoms with Crippen LogP contribution in [0.25, 0.3) is 10.2 Å². The summed E-state index contributed by atoms with van der Waals surface area (Å²) in [6, 6.07) is 10.8. The van der Waals surface area contributed by atoms with Gasteiger partial charge in [-0.2, -0.15) is 0 Å². The summed E-state index contributed by atoms with van der Waals surface area (Å²) >= 11 is 1.21. The number of aromatic nitrogens is 3. The van der Waals surface area contributed by atoms with Gasteiger partial charge in [0.2, 0.25) is 5.88 Å². The predicted molar refractivity (Wildman–Crippen MR) is 118 cm³/mol. The summed E-state index contributed by atoms with van der Waals surface area (Å²) in [5.41, 5.74) is 1.30. The summed E-state index contributed by atoms with van der Waals surface area (Å²) in [4.78, 5) is 34.6. The molecule has 0 atom stereocenters. The summed E-state index contributed by atoms with van der Waals surface area (Å²) in [6.07, 6.45) is 3.11. The molecule has 3 heterocycles. The van der Waals surface area contributed by atoms with Crippen LogP contribution in [0.15, 0.2) is 53.7 Å².